The molecule has 1 N–H and O–H groups in total. The molecular weight excluding hydrogens is 390 g/mol. The van der Waals surface area contributed by atoms with Gasteiger partial charge in [-0.3, -0.25) is 4.79 Å². The van der Waals surface area contributed by atoms with Crippen LogP contribution in [0.4, 0.5) is 10.5 Å². The van der Waals surface area contributed by atoms with Gasteiger partial charge in [0.2, 0.25) is 5.91 Å². The van der Waals surface area contributed by atoms with E-state index in [1.54, 1.807) is 6.07 Å². The second-order valence-corrected chi connectivity index (χ2v) is 8.91. The molecule has 1 aromatic rings. The Morgan fingerprint density at radius 1 is 1.07 bits per heavy atom. The molecule has 1 aliphatic carbocycles. The van der Waals surface area contributed by atoms with Gasteiger partial charge < -0.3 is 19.9 Å². The van der Waals surface area contributed by atoms with Crippen LogP contribution < -0.4 is 5.32 Å². The third-order valence-corrected chi connectivity index (χ3v) is 6.59. The fourth-order valence-corrected chi connectivity index (χ4v) is 4.60. The molecule has 0 aromatic heterocycles. The molecule has 3 fully saturated rings. The Morgan fingerprint density at radius 3 is 2.38 bits per heavy atom. The van der Waals surface area contributed by atoms with Crippen molar-refractivity contribution in [3.63, 3.8) is 0 Å². The van der Waals surface area contributed by atoms with Crippen molar-refractivity contribution in [1.29, 1.82) is 0 Å². The normalized spacial score (nSPS) is 21.1. The van der Waals surface area contributed by atoms with Crippen molar-refractivity contribution in [3.8, 4) is 0 Å². The highest BCUT2D eigenvalue weighted by Crippen LogP contribution is 2.35. The topological polar surface area (TPSA) is 61.9 Å². The summed E-state index contributed by atoms with van der Waals surface area (Å²) in [4.78, 5) is 29.8. The Morgan fingerprint density at radius 2 is 1.72 bits per heavy atom. The minimum atomic E-state index is -0.0973. The number of likely N-dealkylation sites (tertiary alicyclic amines) is 1. The summed E-state index contributed by atoms with van der Waals surface area (Å²) < 4.78 is 5.51. The lowest BCUT2D eigenvalue weighted by Gasteiger charge is -2.43. The number of nitrogens with zero attached hydrogens (tertiary/aromatic N) is 2. The van der Waals surface area contributed by atoms with E-state index >= 15 is 0 Å². The number of anilines is 1. The molecule has 3 amide bonds. The van der Waals surface area contributed by atoms with E-state index in [4.69, 9.17) is 16.3 Å². The molecule has 0 radical (unpaired) electrons. The molecule has 2 saturated heterocycles. The Hall–Kier alpha value is -1.79. The lowest BCUT2D eigenvalue weighted by molar-refractivity contribution is -0.141. The van der Waals surface area contributed by atoms with Gasteiger partial charge in [-0.25, -0.2) is 4.79 Å². The Labute approximate surface area is 177 Å². The number of amides is 3. The molecule has 3 aliphatic rings. The number of piperidine rings is 1. The molecule has 29 heavy (non-hydrogen) atoms. The van der Waals surface area contributed by atoms with Crippen molar-refractivity contribution in [2.75, 3.05) is 31.6 Å². The maximum atomic E-state index is 13.0. The van der Waals surface area contributed by atoms with Gasteiger partial charge in [0, 0.05) is 55.0 Å². The van der Waals surface area contributed by atoms with Crippen LogP contribution in [0.15, 0.2) is 18.2 Å². The van der Waals surface area contributed by atoms with E-state index in [2.05, 4.69) is 10.2 Å². The smallest absolute Gasteiger partial charge is 0.321 e. The largest absolute Gasteiger partial charge is 0.381 e. The number of halogens is 1. The quantitative estimate of drug-likeness (QED) is 0.800. The molecule has 0 atom stereocenters. The first-order chi connectivity index (χ1) is 14.0. The summed E-state index contributed by atoms with van der Waals surface area (Å²) in [5.41, 5.74) is 1.73. The molecule has 0 spiro atoms. The van der Waals surface area contributed by atoms with Crippen LogP contribution in [0.1, 0.15) is 44.1 Å². The first-order valence-electron chi connectivity index (χ1n) is 10.7. The monoisotopic (exact) mass is 419 g/mol. The maximum Gasteiger partial charge on any atom is 0.321 e. The average Bonchev–Trinajstić information content (AvgIpc) is 3.57. The number of rotatable bonds is 4. The van der Waals surface area contributed by atoms with Crippen LogP contribution in [-0.4, -0.2) is 60.1 Å². The highest BCUT2D eigenvalue weighted by Gasteiger charge is 2.41. The van der Waals surface area contributed by atoms with E-state index in [0.29, 0.717) is 24.0 Å². The van der Waals surface area contributed by atoms with Gasteiger partial charge in [-0.2, -0.15) is 0 Å². The lowest BCUT2D eigenvalue weighted by atomic mass is 9.97. The van der Waals surface area contributed by atoms with Crippen LogP contribution in [-0.2, 0) is 9.53 Å². The molecule has 2 heterocycles. The summed E-state index contributed by atoms with van der Waals surface area (Å²) in [6.45, 7) is 4.74. The van der Waals surface area contributed by atoms with Gasteiger partial charge in [0.25, 0.3) is 0 Å². The zero-order chi connectivity index (χ0) is 20.4. The third-order valence-electron chi connectivity index (χ3n) is 6.35. The van der Waals surface area contributed by atoms with Crippen molar-refractivity contribution < 1.29 is 14.3 Å². The highest BCUT2D eigenvalue weighted by atomic mass is 35.5. The summed E-state index contributed by atoms with van der Waals surface area (Å²) in [5.74, 6) is 0.555. The fourth-order valence-electron chi connectivity index (χ4n) is 4.43. The minimum Gasteiger partial charge on any atom is -0.381 e. The number of hydrogen-bond acceptors (Lipinski definition) is 3. The van der Waals surface area contributed by atoms with E-state index < -0.39 is 0 Å². The predicted molar refractivity (Wildman–Crippen MR) is 113 cm³/mol. The van der Waals surface area contributed by atoms with Crippen molar-refractivity contribution in [2.24, 2.45) is 5.92 Å². The molecule has 2 aliphatic heterocycles. The highest BCUT2D eigenvalue weighted by molar-refractivity contribution is 6.31. The molecule has 7 heteroatoms. The predicted octanol–water partition coefficient (Wildman–Crippen LogP) is 4.06. The summed E-state index contributed by atoms with van der Waals surface area (Å²) in [6, 6.07) is 5.92. The van der Waals surface area contributed by atoms with E-state index in [0.717, 1.165) is 63.0 Å². The molecule has 1 aromatic carbocycles. The van der Waals surface area contributed by atoms with Gasteiger partial charge in [-0.1, -0.05) is 17.7 Å². The fraction of sp³-hybridized carbons (Fsp3) is 0.636. The Kier molecular flexibility index (Phi) is 6.30. The van der Waals surface area contributed by atoms with Crippen LogP contribution >= 0.6 is 11.6 Å². The van der Waals surface area contributed by atoms with Gasteiger partial charge in [0.15, 0.2) is 0 Å². The summed E-state index contributed by atoms with van der Waals surface area (Å²) in [7, 11) is 0. The molecular formula is C22H30ClN3O3. The van der Waals surface area contributed by atoms with E-state index in [1.807, 2.05) is 24.0 Å². The molecule has 0 bridgehead atoms. The minimum absolute atomic E-state index is 0.0973. The second kappa shape index (κ2) is 8.92. The van der Waals surface area contributed by atoms with Gasteiger partial charge in [-0.05, 0) is 63.1 Å². The number of benzene rings is 1. The standard InChI is InChI=1S/C22H30ClN3O3/c1-15-2-5-17(23)14-20(15)24-22(28)25-10-6-18(7-11-25)26(21(27)16-3-4-16)19-8-12-29-13-9-19/h2,5,14,16,18-19H,3-4,6-13H2,1H3,(H,24,28). The molecule has 1 saturated carbocycles. The third kappa shape index (κ3) is 4.86. The number of nitrogens with one attached hydrogen (secondary N) is 1. The number of hydrogen-bond donors (Lipinski definition) is 1. The van der Waals surface area contributed by atoms with Gasteiger partial charge in [0.05, 0.1) is 0 Å². The van der Waals surface area contributed by atoms with Gasteiger partial charge in [0.1, 0.15) is 0 Å². The van der Waals surface area contributed by atoms with Crippen LogP contribution in [0.5, 0.6) is 0 Å². The van der Waals surface area contributed by atoms with E-state index in [-0.39, 0.29) is 24.0 Å². The SMILES string of the molecule is Cc1ccc(Cl)cc1NC(=O)N1CCC(N(C(=O)C2CC2)C2CCOCC2)CC1. The summed E-state index contributed by atoms with van der Waals surface area (Å²) in [5, 5.41) is 3.59. The van der Waals surface area contributed by atoms with Crippen LogP contribution in [0.25, 0.3) is 0 Å². The number of urea groups is 1. The van der Waals surface area contributed by atoms with Crippen molar-refractivity contribution in [1.82, 2.24) is 9.80 Å². The number of carbonyl (C=O) groups is 2. The van der Waals surface area contributed by atoms with E-state index in [9.17, 15) is 9.59 Å². The van der Waals surface area contributed by atoms with Crippen LogP contribution in [0.2, 0.25) is 5.02 Å². The molecule has 4 rings (SSSR count). The summed E-state index contributed by atoms with van der Waals surface area (Å²) in [6.07, 6.45) is 5.56. The van der Waals surface area contributed by atoms with Crippen LogP contribution in [0, 0.1) is 12.8 Å². The van der Waals surface area contributed by atoms with Crippen molar-refractivity contribution in [3.05, 3.63) is 28.8 Å². The summed E-state index contributed by atoms with van der Waals surface area (Å²) >= 11 is 6.06. The first kappa shape index (κ1) is 20.5. The Bertz CT molecular complexity index is 754. The Balaban J connectivity index is 1.37. The van der Waals surface area contributed by atoms with Gasteiger partial charge >= 0.3 is 6.03 Å². The maximum absolute atomic E-state index is 13.0. The van der Waals surface area contributed by atoms with E-state index in [1.165, 1.54) is 0 Å². The zero-order valence-electron chi connectivity index (χ0n) is 17.0. The van der Waals surface area contributed by atoms with Crippen molar-refractivity contribution >= 4 is 29.2 Å². The second-order valence-electron chi connectivity index (χ2n) is 8.47. The van der Waals surface area contributed by atoms with Gasteiger partial charge in [-0.15, -0.1) is 0 Å². The van der Waals surface area contributed by atoms with Crippen LogP contribution in [0.3, 0.4) is 0 Å². The first-order valence-corrected chi connectivity index (χ1v) is 11.1. The van der Waals surface area contributed by atoms with Crippen molar-refractivity contribution in [2.45, 2.75) is 57.5 Å². The lowest BCUT2D eigenvalue weighted by Crippen LogP contribution is -2.54. The molecule has 6 nitrogen and oxygen atoms in total. The average molecular weight is 420 g/mol. The number of aryl methyl sites for hydroxylation is 1. The zero-order valence-corrected chi connectivity index (χ0v) is 17.8. The molecule has 0 unspecified atom stereocenters. The number of carbonyl (C=O) groups excluding carboxylic acids is 2. The molecule has 158 valence electrons. The number of ether oxygens (including phenoxy) is 1.